The van der Waals surface area contributed by atoms with Gasteiger partial charge >= 0.3 is 6.18 Å². The maximum atomic E-state index is 12.7. The summed E-state index contributed by atoms with van der Waals surface area (Å²) in [5, 5.41) is 16.5. The molecule has 0 saturated heterocycles. The summed E-state index contributed by atoms with van der Waals surface area (Å²) in [5.41, 5.74) is -0.503. The van der Waals surface area contributed by atoms with E-state index in [9.17, 15) is 18.3 Å². The third kappa shape index (κ3) is 3.80. The summed E-state index contributed by atoms with van der Waals surface area (Å²) in [4.78, 5) is 7.33. The van der Waals surface area contributed by atoms with E-state index in [-0.39, 0.29) is 12.3 Å². The Kier molecular flexibility index (Phi) is 4.52. The molecule has 0 bridgehead atoms. The van der Waals surface area contributed by atoms with Crippen LogP contribution in [0, 0.1) is 6.92 Å². The van der Waals surface area contributed by atoms with Gasteiger partial charge in [-0.15, -0.1) is 5.10 Å². The Balaban J connectivity index is 2.35. The number of aromatic nitrogens is 4. The molecule has 0 radical (unpaired) electrons. The van der Waals surface area contributed by atoms with Crippen molar-refractivity contribution in [2.75, 3.05) is 23.9 Å². The zero-order valence-corrected chi connectivity index (χ0v) is 13.1. The van der Waals surface area contributed by atoms with Crippen LogP contribution in [0.4, 0.5) is 19.0 Å². The van der Waals surface area contributed by atoms with E-state index in [2.05, 4.69) is 20.4 Å². The minimum atomic E-state index is -4.64. The molecule has 0 fully saturated rings. The molecule has 2 heterocycles. The van der Waals surface area contributed by atoms with Crippen LogP contribution in [-0.2, 0) is 6.18 Å². The van der Waals surface area contributed by atoms with Gasteiger partial charge in [-0.3, -0.25) is 0 Å². The van der Waals surface area contributed by atoms with Crippen molar-refractivity contribution in [1.29, 1.82) is 0 Å². The van der Waals surface area contributed by atoms with Gasteiger partial charge in [-0.2, -0.15) is 34.4 Å². The van der Waals surface area contributed by atoms with Crippen LogP contribution in [-0.4, -0.2) is 48.8 Å². The van der Waals surface area contributed by atoms with Gasteiger partial charge in [0.25, 0.3) is 11.6 Å². The standard InChI is InChI=1S/C12H16F3N5OS/c1-7-4-8(16-5-11(2,21)6-22-3)20-10(17-7)18-9(19-20)12(13,14)15/h4,16,21H,5-6H2,1-3H3. The van der Waals surface area contributed by atoms with E-state index in [1.165, 1.54) is 11.8 Å². The van der Waals surface area contributed by atoms with Crippen molar-refractivity contribution in [3.05, 3.63) is 17.6 Å². The largest absolute Gasteiger partial charge is 0.453 e. The topological polar surface area (TPSA) is 75.3 Å². The first-order chi connectivity index (χ1) is 10.1. The van der Waals surface area contributed by atoms with Crippen molar-refractivity contribution in [3.8, 4) is 0 Å². The first-order valence-corrected chi connectivity index (χ1v) is 7.78. The van der Waals surface area contributed by atoms with Crippen LogP contribution in [0.2, 0.25) is 0 Å². The zero-order chi connectivity index (χ0) is 16.5. The lowest BCUT2D eigenvalue weighted by Crippen LogP contribution is -2.36. The van der Waals surface area contributed by atoms with E-state index in [0.717, 1.165) is 4.52 Å². The van der Waals surface area contributed by atoms with E-state index >= 15 is 0 Å². The number of nitrogens with one attached hydrogen (secondary N) is 1. The zero-order valence-electron chi connectivity index (χ0n) is 12.3. The fourth-order valence-corrected chi connectivity index (χ4v) is 2.60. The van der Waals surface area contributed by atoms with Gasteiger partial charge in [-0.1, -0.05) is 0 Å². The molecule has 10 heteroatoms. The summed E-state index contributed by atoms with van der Waals surface area (Å²) in [5.74, 6) is -0.603. The number of halogens is 3. The van der Waals surface area contributed by atoms with Gasteiger partial charge in [-0.25, -0.2) is 4.98 Å². The van der Waals surface area contributed by atoms with Crippen molar-refractivity contribution in [1.82, 2.24) is 19.6 Å². The Morgan fingerprint density at radius 1 is 1.36 bits per heavy atom. The number of rotatable bonds is 5. The van der Waals surface area contributed by atoms with Crippen LogP contribution in [0.15, 0.2) is 6.07 Å². The predicted octanol–water partition coefficient (Wildman–Crippen LogP) is 1.98. The van der Waals surface area contributed by atoms with Crippen LogP contribution in [0.25, 0.3) is 5.78 Å². The van der Waals surface area contributed by atoms with E-state index in [4.69, 9.17) is 0 Å². The number of hydrogen-bond donors (Lipinski definition) is 2. The Morgan fingerprint density at radius 3 is 2.64 bits per heavy atom. The molecule has 1 unspecified atom stereocenters. The third-order valence-electron chi connectivity index (χ3n) is 2.80. The monoisotopic (exact) mass is 335 g/mol. The molecule has 0 spiro atoms. The summed E-state index contributed by atoms with van der Waals surface area (Å²) in [7, 11) is 0. The molecule has 0 aromatic carbocycles. The van der Waals surface area contributed by atoms with Crippen LogP contribution < -0.4 is 5.32 Å². The highest BCUT2D eigenvalue weighted by Gasteiger charge is 2.37. The van der Waals surface area contributed by atoms with Gasteiger partial charge in [0.1, 0.15) is 5.82 Å². The molecular weight excluding hydrogens is 319 g/mol. The predicted molar refractivity (Wildman–Crippen MR) is 78.0 cm³/mol. The number of alkyl halides is 3. The SMILES string of the molecule is CSCC(C)(O)CNc1cc(C)nc2nc(C(F)(F)F)nn12. The third-order valence-corrected chi connectivity index (χ3v) is 3.71. The molecule has 2 N–H and O–H groups in total. The molecule has 6 nitrogen and oxygen atoms in total. The van der Waals surface area contributed by atoms with E-state index in [0.29, 0.717) is 17.3 Å². The van der Waals surface area contributed by atoms with E-state index in [1.54, 1.807) is 19.9 Å². The average molecular weight is 335 g/mol. The molecule has 0 amide bonds. The molecule has 2 aromatic rings. The van der Waals surface area contributed by atoms with Gasteiger partial charge in [0.15, 0.2) is 0 Å². The van der Waals surface area contributed by atoms with Gasteiger partial charge in [-0.05, 0) is 20.1 Å². The maximum absolute atomic E-state index is 12.7. The molecule has 2 rings (SSSR count). The number of hydrogen-bond acceptors (Lipinski definition) is 6. The smallest absolute Gasteiger partial charge is 0.387 e. The number of fused-ring (bicyclic) bond motifs is 1. The summed E-state index contributed by atoms with van der Waals surface area (Å²) in [6, 6.07) is 1.55. The first kappa shape index (κ1) is 16.8. The van der Waals surface area contributed by atoms with Crippen molar-refractivity contribution in [3.63, 3.8) is 0 Å². The Bertz CT molecular complexity index is 671. The first-order valence-electron chi connectivity index (χ1n) is 6.39. The minimum Gasteiger partial charge on any atom is -0.387 e. The van der Waals surface area contributed by atoms with Crippen LogP contribution in [0.5, 0.6) is 0 Å². The highest BCUT2D eigenvalue weighted by atomic mass is 32.2. The second kappa shape index (κ2) is 5.92. The highest BCUT2D eigenvalue weighted by Crippen LogP contribution is 2.27. The molecule has 0 aliphatic rings. The number of aliphatic hydroxyl groups is 1. The van der Waals surface area contributed by atoms with Gasteiger partial charge in [0, 0.05) is 24.1 Å². The number of nitrogens with zero attached hydrogens (tertiary/aromatic N) is 4. The summed E-state index contributed by atoms with van der Waals surface area (Å²) >= 11 is 1.47. The van der Waals surface area contributed by atoms with Gasteiger partial charge in [0.2, 0.25) is 0 Å². The fraction of sp³-hybridized carbons (Fsp3) is 0.583. The average Bonchev–Trinajstić information content (AvgIpc) is 2.79. The number of anilines is 1. The summed E-state index contributed by atoms with van der Waals surface area (Å²) < 4.78 is 39.1. The second-order valence-corrected chi connectivity index (χ2v) is 6.08. The summed E-state index contributed by atoms with van der Waals surface area (Å²) in [6.07, 6.45) is -2.78. The molecular formula is C12H16F3N5OS. The quantitative estimate of drug-likeness (QED) is 0.870. The van der Waals surface area contributed by atoms with Crippen molar-refractivity contribution >= 4 is 23.4 Å². The van der Waals surface area contributed by atoms with Crippen molar-refractivity contribution in [2.45, 2.75) is 25.6 Å². The second-order valence-electron chi connectivity index (χ2n) is 5.21. The lowest BCUT2D eigenvalue weighted by Gasteiger charge is -2.23. The van der Waals surface area contributed by atoms with Crippen LogP contribution in [0.1, 0.15) is 18.4 Å². The highest BCUT2D eigenvalue weighted by molar-refractivity contribution is 7.98. The Morgan fingerprint density at radius 2 is 2.05 bits per heavy atom. The molecule has 0 aliphatic carbocycles. The van der Waals surface area contributed by atoms with Crippen molar-refractivity contribution in [2.24, 2.45) is 0 Å². The molecule has 0 saturated carbocycles. The summed E-state index contributed by atoms with van der Waals surface area (Å²) in [6.45, 7) is 3.45. The molecule has 1 atom stereocenters. The van der Waals surface area contributed by atoms with Gasteiger partial charge in [0.05, 0.1) is 5.60 Å². The minimum absolute atomic E-state index is 0.140. The fourth-order valence-electron chi connectivity index (χ4n) is 1.88. The van der Waals surface area contributed by atoms with Crippen LogP contribution in [0.3, 0.4) is 0 Å². The number of thioether (sulfide) groups is 1. The van der Waals surface area contributed by atoms with E-state index in [1.807, 2.05) is 6.26 Å². The maximum Gasteiger partial charge on any atom is 0.453 e. The van der Waals surface area contributed by atoms with Crippen LogP contribution >= 0.6 is 11.8 Å². The van der Waals surface area contributed by atoms with Crippen molar-refractivity contribution < 1.29 is 18.3 Å². The van der Waals surface area contributed by atoms with Gasteiger partial charge < -0.3 is 10.4 Å². The normalized spacial score (nSPS) is 15.0. The lowest BCUT2D eigenvalue weighted by molar-refractivity contribution is -0.144. The Labute approximate surface area is 129 Å². The molecule has 22 heavy (non-hydrogen) atoms. The van der Waals surface area contributed by atoms with E-state index < -0.39 is 17.6 Å². The molecule has 0 aliphatic heterocycles. The molecule has 122 valence electrons. The lowest BCUT2D eigenvalue weighted by atomic mass is 10.1. The molecule has 2 aromatic heterocycles. The number of aryl methyl sites for hydroxylation is 1. The Hall–Kier alpha value is -1.55.